The van der Waals surface area contributed by atoms with E-state index in [4.69, 9.17) is 0 Å². The highest BCUT2D eigenvalue weighted by Crippen LogP contribution is 2.46. The number of hydrogen-bond acceptors (Lipinski definition) is 4. The Morgan fingerprint density at radius 3 is 2.73 bits per heavy atom. The molecule has 1 aromatic rings. The van der Waals surface area contributed by atoms with Crippen molar-refractivity contribution in [3.8, 4) is 0 Å². The van der Waals surface area contributed by atoms with Crippen LogP contribution in [0.2, 0.25) is 0 Å². The van der Waals surface area contributed by atoms with Gasteiger partial charge in [-0.25, -0.2) is 9.59 Å². The van der Waals surface area contributed by atoms with Gasteiger partial charge in [0.15, 0.2) is 0 Å². The van der Waals surface area contributed by atoms with E-state index in [0.29, 0.717) is 24.1 Å². The van der Waals surface area contributed by atoms with Crippen LogP contribution in [0.4, 0.5) is 4.79 Å². The average Bonchev–Trinajstić information content (AvgIpc) is 2.94. The van der Waals surface area contributed by atoms with Crippen LogP contribution in [0.25, 0.3) is 5.57 Å². The Morgan fingerprint density at radius 2 is 2.12 bits per heavy atom. The number of hydrogen-bond donors (Lipinski definition) is 4. The number of aliphatic carboxylic acids is 1. The molecule has 3 atom stereocenters. The van der Waals surface area contributed by atoms with E-state index in [1.54, 1.807) is 19.1 Å². The van der Waals surface area contributed by atoms with Crippen LogP contribution in [0.1, 0.15) is 24.5 Å². The normalized spacial score (nSPS) is 22.6. The number of aliphatic hydroxyl groups excluding tert-OH is 1. The van der Waals surface area contributed by atoms with Crippen LogP contribution in [0.5, 0.6) is 0 Å². The van der Waals surface area contributed by atoms with Crippen LogP contribution in [0.3, 0.4) is 0 Å². The third-order valence-corrected chi connectivity index (χ3v) is 4.89. The summed E-state index contributed by atoms with van der Waals surface area (Å²) in [7, 11) is 1.52. The van der Waals surface area contributed by atoms with Crippen molar-refractivity contribution in [3.63, 3.8) is 0 Å². The molecular weight excluding hydrogens is 338 g/mol. The van der Waals surface area contributed by atoms with Gasteiger partial charge in [0.1, 0.15) is 5.70 Å². The van der Waals surface area contributed by atoms with Crippen molar-refractivity contribution in [2.24, 2.45) is 5.92 Å². The third-order valence-electron chi connectivity index (χ3n) is 4.89. The van der Waals surface area contributed by atoms with E-state index in [9.17, 15) is 24.6 Å². The summed E-state index contributed by atoms with van der Waals surface area (Å²) in [6.45, 7) is 1.84. The lowest BCUT2D eigenvalue weighted by Crippen LogP contribution is -2.61. The van der Waals surface area contributed by atoms with Gasteiger partial charge in [-0.1, -0.05) is 18.2 Å². The smallest absolute Gasteiger partial charge is 0.352 e. The molecule has 2 aliphatic rings. The lowest BCUT2D eigenvalue weighted by molar-refractivity contribution is -0.161. The SMILES string of the molecule is CNC(=O)NCc1cccc(C2=C(C(=O)O)N3C(=O)[C@H]([C@@H](C)O)[C@H]3C2)c1. The maximum absolute atomic E-state index is 12.3. The van der Waals surface area contributed by atoms with Crippen molar-refractivity contribution in [1.29, 1.82) is 0 Å². The first-order valence-corrected chi connectivity index (χ1v) is 8.37. The second-order valence-corrected chi connectivity index (χ2v) is 6.51. The van der Waals surface area contributed by atoms with Crippen molar-refractivity contribution in [3.05, 3.63) is 41.1 Å². The molecule has 0 radical (unpaired) electrons. The zero-order valence-corrected chi connectivity index (χ0v) is 14.5. The molecule has 1 fully saturated rings. The topological polar surface area (TPSA) is 119 Å². The average molecular weight is 359 g/mol. The maximum atomic E-state index is 12.3. The molecule has 3 amide bonds. The van der Waals surface area contributed by atoms with Gasteiger partial charge in [0.05, 0.1) is 18.1 Å². The third kappa shape index (κ3) is 2.92. The fourth-order valence-corrected chi connectivity index (χ4v) is 3.67. The number of nitrogens with one attached hydrogen (secondary N) is 2. The minimum atomic E-state index is -1.16. The van der Waals surface area contributed by atoms with Crippen LogP contribution >= 0.6 is 0 Å². The molecule has 4 N–H and O–H groups in total. The zero-order chi connectivity index (χ0) is 19.0. The number of carboxylic acid groups (broad SMARTS) is 1. The molecule has 26 heavy (non-hydrogen) atoms. The van der Waals surface area contributed by atoms with Crippen molar-refractivity contribution < 1.29 is 24.6 Å². The van der Waals surface area contributed by atoms with Gasteiger partial charge in [-0.3, -0.25) is 4.79 Å². The lowest BCUT2D eigenvalue weighted by atomic mass is 9.82. The molecule has 0 spiro atoms. The van der Waals surface area contributed by atoms with E-state index >= 15 is 0 Å². The predicted octanol–water partition coefficient (Wildman–Crippen LogP) is 0.523. The summed E-state index contributed by atoms with van der Waals surface area (Å²) in [5.74, 6) is -2.08. The molecule has 0 bridgehead atoms. The van der Waals surface area contributed by atoms with Crippen molar-refractivity contribution in [2.45, 2.75) is 32.0 Å². The molecule has 138 valence electrons. The van der Waals surface area contributed by atoms with Gasteiger partial charge < -0.3 is 25.7 Å². The molecule has 0 aromatic heterocycles. The van der Waals surface area contributed by atoms with Gasteiger partial charge >= 0.3 is 12.0 Å². The molecule has 2 heterocycles. The van der Waals surface area contributed by atoms with Gasteiger partial charge in [-0.15, -0.1) is 0 Å². The highest BCUT2D eigenvalue weighted by Gasteiger charge is 2.56. The van der Waals surface area contributed by atoms with Crippen LogP contribution in [-0.4, -0.2) is 52.2 Å². The number of benzene rings is 1. The fraction of sp³-hybridized carbons (Fsp3) is 0.389. The Hall–Kier alpha value is -2.87. The first kappa shape index (κ1) is 17.9. The number of fused-ring (bicyclic) bond motifs is 1. The zero-order valence-electron chi connectivity index (χ0n) is 14.5. The highest BCUT2D eigenvalue weighted by molar-refractivity contribution is 6.06. The number of carbonyl (C=O) groups is 3. The summed E-state index contributed by atoms with van der Waals surface area (Å²) in [5, 5.41) is 24.6. The molecule has 2 aliphatic heterocycles. The minimum Gasteiger partial charge on any atom is -0.477 e. The summed E-state index contributed by atoms with van der Waals surface area (Å²) in [4.78, 5) is 36.6. The van der Waals surface area contributed by atoms with E-state index in [1.807, 2.05) is 12.1 Å². The van der Waals surface area contributed by atoms with Gasteiger partial charge in [0.2, 0.25) is 5.91 Å². The summed E-state index contributed by atoms with van der Waals surface area (Å²) >= 11 is 0. The Bertz CT molecular complexity index is 802. The Balaban J connectivity index is 1.90. The van der Waals surface area contributed by atoms with Crippen molar-refractivity contribution in [1.82, 2.24) is 15.5 Å². The van der Waals surface area contributed by atoms with Gasteiger partial charge in [-0.05, 0) is 36.1 Å². The Kier molecular flexibility index (Phi) is 4.69. The number of β-lactam (4-membered cyclic amide) rings is 1. The quantitative estimate of drug-likeness (QED) is 0.572. The van der Waals surface area contributed by atoms with E-state index < -0.39 is 18.0 Å². The fourth-order valence-electron chi connectivity index (χ4n) is 3.67. The first-order chi connectivity index (χ1) is 12.3. The van der Waals surface area contributed by atoms with E-state index in [1.165, 1.54) is 11.9 Å². The minimum absolute atomic E-state index is 0.0201. The monoisotopic (exact) mass is 359 g/mol. The highest BCUT2D eigenvalue weighted by atomic mass is 16.4. The molecule has 0 saturated carbocycles. The second-order valence-electron chi connectivity index (χ2n) is 6.51. The number of aliphatic hydroxyl groups is 1. The van der Waals surface area contributed by atoms with E-state index in [0.717, 1.165) is 5.56 Å². The maximum Gasteiger partial charge on any atom is 0.352 e. The number of rotatable bonds is 5. The van der Waals surface area contributed by atoms with Gasteiger partial charge in [0, 0.05) is 13.6 Å². The standard InChI is InChI=1S/C18H21N3O5/c1-9(22)14-13-7-12(15(17(24)25)21(13)16(14)23)11-5-3-4-10(6-11)8-20-18(26)19-2/h3-6,9,13-14,22H,7-8H2,1-2H3,(H,24,25)(H2,19,20,26)/t9-,13-,14-/m1/s1. The second kappa shape index (κ2) is 6.80. The van der Waals surface area contributed by atoms with E-state index in [-0.39, 0.29) is 23.7 Å². The van der Waals surface area contributed by atoms with Crippen molar-refractivity contribution in [2.75, 3.05) is 7.05 Å². The molecule has 0 unspecified atom stereocenters. The van der Waals surface area contributed by atoms with Gasteiger partial charge in [-0.2, -0.15) is 0 Å². The summed E-state index contributed by atoms with van der Waals surface area (Å²) < 4.78 is 0. The summed E-state index contributed by atoms with van der Waals surface area (Å²) in [6, 6.07) is 6.57. The van der Waals surface area contributed by atoms with Gasteiger partial charge in [0.25, 0.3) is 0 Å². The molecule has 8 heteroatoms. The number of amides is 3. The van der Waals surface area contributed by atoms with E-state index in [2.05, 4.69) is 10.6 Å². The van der Waals surface area contributed by atoms with Crippen molar-refractivity contribution >= 4 is 23.5 Å². The lowest BCUT2D eigenvalue weighted by Gasteiger charge is -2.44. The number of nitrogens with zero attached hydrogens (tertiary/aromatic N) is 1. The summed E-state index contributed by atoms with van der Waals surface area (Å²) in [6.07, 6.45) is -0.434. The molecule has 1 saturated heterocycles. The number of urea groups is 1. The van der Waals surface area contributed by atoms with Crippen LogP contribution < -0.4 is 10.6 Å². The predicted molar refractivity (Wildman–Crippen MR) is 92.7 cm³/mol. The van der Waals surface area contributed by atoms with Crippen LogP contribution in [0, 0.1) is 5.92 Å². The molecule has 3 rings (SSSR count). The molecule has 8 nitrogen and oxygen atoms in total. The number of carbonyl (C=O) groups excluding carboxylic acids is 2. The first-order valence-electron chi connectivity index (χ1n) is 8.37. The largest absolute Gasteiger partial charge is 0.477 e. The Morgan fingerprint density at radius 1 is 1.38 bits per heavy atom. The molecule has 1 aromatic carbocycles. The van der Waals surface area contributed by atoms with Crippen LogP contribution in [-0.2, 0) is 16.1 Å². The number of carboxylic acids is 1. The Labute approximate surface area is 150 Å². The molecular formula is C18H21N3O5. The summed E-state index contributed by atoms with van der Waals surface area (Å²) in [5.41, 5.74) is 2.07. The van der Waals surface area contributed by atoms with Crippen LogP contribution in [0.15, 0.2) is 30.0 Å². The molecule has 0 aliphatic carbocycles.